The van der Waals surface area contributed by atoms with Crippen LogP contribution in [0.1, 0.15) is 61.8 Å². The lowest BCUT2D eigenvalue weighted by Crippen LogP contribution is -2.40. The zero-order valence-electron chi connectivity index (χ0n) is 19.5. The molecule has 0 spiro atoms. The van der Waals surface area contributed by atoms with E-state index in [-0.39, 0.29) is 17.4 Å². The second-order valence-corrected chi connectivity index (χ2v) is 8.70. The molecule has 1 unspecified atom stereocenters. The predicted molar refractivity (Wildman–Crippen MR) is 126 cm³/mol. The summed E-state index contributed by atoms with van der Waals surface area (Å²) in [5.41, 5.74) is 2.21. The minimum absolute atomic E-state index is 0.0310. The van der Waals surface area contributed by atoms with Gasteiger partial charge in [0.1, 0.15) is 17.3 Å². The van der Waals surface area contributed by atoms with Gasteiger partial charge in [0.25, 0.3) is 11.7 Å². The first-order valence-electron chi connectivity index (χ1n) is 11.6. The molecule has 6 heteroatoms. The molecule has 1 N–H and O–H groups in total. The van der Waals surface area contributed by atoms with E-state index in [2.05, 4.69) is 0 Å². The molecule has 2 aromatic carbocycles. The average Bonchev–Trinajstić information content (AvgIpc) is 3.10. The number of amides is 1. The first-order chi connectivity index (χ1) is 16.0. The number of hydrogen-bond acceptors (Lipinski definition) is 5. The van der Waals surface area contributed by atoms with Gasteiger partial charge in [-0.25, -0.2) is 0 Å². The molecule has 2 aromatic rings. The lowest BCUT2D eigenvalue weighted by molar-refractivity contribution is -0.141. The van der Waals surface area contributed by atoms with Crippen molar-refractivity contribution in [2.24, 2.45) is 0 Å². The van der Waals surface area contributed by atoms with E-state index in [0.29, 0.717) is 17.9 Å². The number of rotatable bonds is 6. The topological polar surface area (TPSA) is 76.1 Å². The van der Waals surface area contributed by atoms with Crippen LogP contribution in [0.4, 0.5) is 0 Å². The van der Waals surface area contributed by atoms with Gasteiger partial charge in [0, 0.05) is 6.04 Å². The maximum Gasteiger partial charge on any atom is 0.295 e. The van der Waals surface area contributed by atoms with Crippen LogP contribution >= 0.6 is 0 Å². The van der Waals surface area contributed by atoms with Crippen LogP contribution in [0.15, 0.2) is 48.0 Å². The van der Waals surface area contributed by atoms with Gasteiger partial charge in [-0.05, 0) is 56.5 Å². The SMILES string of the molecule is CCOc1ccc(C2/C(=C(\O)c3cc(C)ccc3OC)C(=O)C(=O)N2C2CCCCC2)cc1. The minimum atomic E-state index is -0.658. The van der Waals surface area contributed by atoms with Crippen molar-refractivity contribution in [2.75, 3.05) is 13.7 Å². The smallest absolute Gasteiger partial charge is 0.295 e. The van der Waals surface area contributed by atoms with Gasteiger partial charge in [-0.3, -0.25) is 9.59 Å². The highest BCUT2D eigenvalue weighted by atomic mass is 16.5. The third kappa shape index (κ3) is 4.34. The fourth-order valence-corrected chi connectivity index (χ4v) is 4.98. The Hall–Kier alpha value is -3.28. The maximum absolute atomic E-state index is 13.3. The number of Topliss-reactive ketones (excluding diaryl/α,β-unsaturated/α-hetero) is 1. The number of nitrogens with zero attached hydrogens (tertiary/aromatic N) is 1. The zero-order chi connectivity index (χ0) is 23.5. The van der Waals surface area contributed by atoms with Crippen LogP contribution in [0.5, 0.6) is 11.5 Å². The molecule has 0 bridgehead atoms. The van der Waals surface area contributed by atoms with Gasteiger partial charge >= 0.3 is 0 Å². The van der Waals surface area contributed by atoms with E-state index >= 15 is 0 Å². The zero-order valence-corrected chi connectivity index (χ0v) is 19.5. The molecule has 1 heterocycles. The van der Waals surface area contributed by atoms with Gasteiger partial charge in [-0.1, -0.05) is 43.0 Å². The quantitative estimate of drug-likeness (QED) is 0.375. The summed E-state index contributed by atoms with van der Waals surface area (Å²) >= 11 is 0. The van der Waals surface area contributed by atoms with E-state index in [0.717, 1.165) is 49.0 Å². The van der Waals surface area contributed by atoms with Crippen LogP contribution in [0.25, 0.3) is 5.76 Å². The Morgan fingerprint density at radius 3 is 2.39 bits per heavy atom. The van der Waals surface area contributed by atoms with Crippen LogP contribution < -0.4 is 9.47 Å². The van der Waals surface area contributed by atoms with Crippen molar-refractivity contribution in [3.8, 4) is 11.5 Å². The number of ether oxygens (including phenoxy) is 2. The van der Waals surface area contributed by atoms with Crippen LogP contribution in [-0.4, -0.2) is 41.5 Å². The summed E-state index contributed by atoms with van der Waals surface area (Å²) in [6.07, 6.45) is 4.89. The predicted octanol–water partition coefficient (Wildman–Crippen LogP) is 5.16. The molecule has 2 fully saturated rings. The van der Waals surface area contributed by atoms with E-state index in [9.17, 15) is 14.7 Å². The number of ketones is 1. The summed E-state index contributed by atoms with van der Waals surface area (Å²) < 4.78 is 11.0. The molecule has 1 aliphatic heterocycles. The summed E-state index contributed by atoms with van der Waals surface area (Å²) in [5.74, 6) is -0.232. The number of aliphatic hydroxyl groups is 1. The van der Waals surface area contributed by atoms with Gasteiger partial charge in [-0.15, -0.1) is 0 Å². The highest BCUT2D eigenvalue weighted by Crippen LogP contribution is 2.44. The van der Waals surface area contributed by atoms with E-state index in [4.69, 9.17) is 9.47 Å². The van der Waals surface area contributed by atoms with E-state index in [1.807, 2.05) is 44.2 Å². The molecule has 1 atom stereocenters. The number of benzene rings is 2. The molecule has 0 radical (unpaired) electrons. The summed E-state index contributed by atoms with van der Waals surface area (Å²) in [6.45, 7) is 4.37. The monoisotopic (exact) mass is 449 g/mol. The highest BCUT2D eigenvalue weighted by molar-refractivity contribution is 6.46. The molecule has 1 amide bonds. The number of likely N-dealkylation sites (tertiary alicyclic amines) is 1. The molecule has 33 heavy (non-hydrogen) atoms. The largest absolute Gasteiger partial charge is 0.507 e. The highest BCUT2D eigenvalue weighted by Gasteiger charge is 2.49. The van der Waals surface area contributed by atoms with Gasteiger partial charge in [-0.2, -0.15) is 0 Å². The van der Waals surface area contributed by atoms with Crippen LogP contribution in [0, 0.1) is 6.92 Å². The third-order valence-electron chi connectivity index (χ3n) is 6.57. The first kappa shape index (κ1) is 22.9. The molecule has 1 saturated heterocycles. The van der Waals surface area contributed by atoms with Crippen LogP contribution in [0.2, 0.25) is 0 Å². The number of aryl methyl sites for hydroxylation is 1. The van der Waals surface area contributed by atoms with Crippen molar-refractivity contribution in [1.29, 1.82) is 0 Å². The standard InChI is InChI=1S/C27H31NO5/c1-4-33-20-13-11-18(12-14-20)24-23(25(29)21-16-17(2)10-15-22(21)32-3)26(30)27(31)28(24)19-8-6-5-7-9-19/h10-16,19,24,29H,4-9H2,1-3H3/b25-23+. The molecular weight excluding hydrogens is 418 g/mol. The lowest BCUT2D eigenvalue weighted by Gasteiger charge is -2.35. The molecule has 174 valence electrons. The molecule has 1 aliphatic carbocycles. The first-order valence-corrected chi connectivity index (χ1v) is 11.6. The van der Waals surface area contributed by atoms with Crippen molar-refractivity contribution in [1.82, 2.24) is 4.90 Å². The van der Waals surface area contributed by atoms with Crippen molar-refractivity contribution in [3.05, 3.63) is 64.7 Å². The summed E-state index contributed by atoms with van der Waals surface area (Å²) in [7, 11) is 1.52. The Morgan fingerprint density at radius 2 is 1.76 bits per heavy atom. The second-order valence-electron chi connectivity index (χ2n) is 8.70. The molecule has 0 aromatic heterocycles. The Labute approximate surface area is 194 Å². The van der Waals surface area contributed by atoms with Gasteiger partial charge in [0.2, 0.25) is 0 Å². The van der Waals surface area contributed by atoms with Crippen molar-refractivity contribution in [3.63, 3.8) is 0 Å². The number of hydrogen-bond donors (Lipinski definition) is 1. The Morgan fingerprint density at radius 1 is 1.06 bits per heavy atom. The van der Waals surface area contributed by atoms with Crippen LogP contribution in [-0.2, 0) is 9.59 Å². The van der Waals surface area contributed by atoms with E-state index in [1.54, 1.807) is 17.0 Å². The van der Waals surface area contributed by atoms with Gasteiger partial charge in [0.15, 0.2) is 0 Å². The van der Waals surface area contributed by atoms with Crippen molar-refractivity contribution >= 4 is 17.4 Å². The fourth-order valence-electron chi connectivity index (χ4n) is 4.98. The molecular formula is C27H31NO5. The Balaban J connectivity index is 1.88. The van der Waals surface area contributed by atoms with Crippen LogP contribution in [0.3, 0.4) is 0 Å². The summed E-state index contributed by atoms with van der Waals surface area (Å²) in [6, 6.07) is 12.1. The van der Waals surface area contributed by atoms with Gasteiger partial charge < -0.3 is 19.5 Å². The number of carbonyl (C=O) groups excluding carboxylic acids is 2. The average molecular weight is 450 g/mol. The van der Waals surface area contributed by atoms with E-state index in [1.165, 1.54) is 7.11 Å². The number of methoxy groups -OCH3 is 1. The molecule has 1 saturated carbocycles. The molecule has 2 aliphatic rings. The van der Waals surface area contributed by atoms with Crippen molar-refractivity contribution < 1.29 is 24.2 Å². The fraction of sp³-hybridized carbons (Fsp3) is 0.407. The minimum Gasteiger partial charge on any atom is -0.507 e. The Bertz CT molecular complexity index is 1070. The number of carbonyl (C=O) groups is 2. The number of aliphatic hydroxyl groups excluding tert-OH is 1. The second kappa shape index (κ2) is 9.69. The van der Waals surface area contributed by atoms with E-state index < -0.39 is 17.7 Å². The maximum atomic E-state index is 13.3. The molecule has 6 nitrogen and oxygen atoms in total. The third-order valence-corrected chi connectivity index (χ3v) is 6.57. The summed E-state index contributed by atoms with van der Waals surface area (Å²) in [4.78, 5) is 28.3. The Kier molecular flexibility index (Phi) is 6.72. The summed E-state index contributed by atoms with van der Waals surface area (Å²) in [5, 5.41) is 11.4. The lowest BCUT2D eigenvalue weighted by atomic mass is 9.90. The normalized spacial score (nSPS) is 20.8. The molecule has 4 rings (SSSR count). The van der Waals surface area contributed by atoms with Gasteiger partial charge in [0.05, 0.1) is 30.9 Å². The van der Waals surface area contributed by atoms with Crippen molar-refractivity contribution in [2.45, 2.75) is 58.0 Å².